The Morgan fingerprint density at radius 3 is 2.47 bits per heavy atom. The summed E-state index contributed by atoms with van der Waals surface area (Å²) in [5, 5.41) is -0.369. The van der Waals surface area contributed by atoms with Crippen LogP contribution in [0.25, 0.3) is 0 Å². The number of hydrogen-bond acceptors (Lipinski definition) is 1. The van der Waals surface area contributed by atoms with Crippen LogP contribution < -0.4 is 0 Å². The first kappa shape index (κ1) is 14.5. The zero-order valence-corrected chi connectivity index (χ0v) is 12.1. The first-order valence-electron chi connectivity index (χ1n) is 6.23. The van der Waals surface area contributed by atoms with E-state index >= 15 is 0 Å². The minimum atomic E-state index is -0.369. The van der Waals surface area contributed by atoms with Crippen LogP contribution in [0.3, 0.4) is 0 Å². The van der Waals surface area contributed by atoms with Gasteiger partial charge in [-0.05, 0) is 68.0 Å². The summed E-state index contributed by atoms with van der Waals surface area (Å²) in [6.45, 7) is 12.8. The summed E-state index contributed by atoms with van der Waals surface area (Å²) in [6, 6.07) is 0. The molecule has 0 bridgehead atoms. The molecule has 0 unspecified atom stereocenters. The third-order valence-corrected chi connectivity index (χ3v) is 3.84. The van der Waals surface area contributed by atoms with Gasteiger partial charge in [-0.2, -0.15) is 0 Å². The van der Waals surface area contributed by atoms with Crippen molar-refractivity contribution in [2.45, 2.75) is 47.0 Å². The maximum Gasteiger partial charge on any atom is 0.245 e. The van der Waals surface area contributed by atoms with E-state index in [1.165, 1.54) is 18.4 Å². The standard InChI is InChI=1S/C15H23ClO/c1-10(2)13-9-15(4,5)8-12(13)6-11(3)7-14(16)17/h7,12-13H,1,6,8-9H2,2-5H3/b11-7+/t12-,13-/m0/s1. The lowest BCUT2D eigenvalue weighted by atomic mass is 9.86. The van der Waals surface area contributed by atoms with Crippen LogP contribution in [0, 0.1) is 17.3 Å². The number of carbonyl (C=O) groups excluding carboxylic acids is 1. The third-order valence-electron chi connectivity index (χ3n) is 3.73. The highest BCUT2D eigenvalue weighted by molar-refractivity contribution is 6.66. The van der Waals surface area contributed by atoms with Crippen molar-refractivity contribution in [1.82, 2.24) is 0 Å². The van der Waals surface area contributed by atoms with E-state index < -0.39 is 0 Å². The molecule has 0 aromatic rings. The molecule has 0 aromatic carbocycles. The topological polar surface area (TPSA) is 17.1 Å². The molecule has 1 nitrogen and oxygen atoms in total. The van der Waals surface area contributed by atoms with Gasteiger partial charge in [0.25, 0.3) is 0 Å². The smallest absolute Gasteiger partial charge is 0.245 e. The van der Waals surface area contributed by atoms with Crippen molar-refractivity contribution in [3.8, 4) is 0 Å². The molecular weight excluding hydrogens is 232 g/mol. The maximum absolute atomic E-state index is 10.8. The summed E-state index contributed by atoms with van der Waals surface area (Å²) in [6.07, 6.45) is 4.91. The van der Waals surface area contributed by atoms with Gasteiger partial charge in [-0.25, -0.2) is 0 Å². The second kappa shape index (κ2) is 5.39. The van der Waals surface area contributed by atoms with Crippen molar-refractivity contribution in [2.24, 2.45) is 17.3 Å². The van der Waals surface area contributed by atoms with Gasteiger partial charge in [0, 0.05) is 0 Å². The Balaban J connectivity index is 2.75. The zero-order valence-electron chi connectivity index (χ0n) is 11.3. The number of carbonyl (C=O) groups is 1. The molecule has 17 heavy (non-hydrogen) atoms. The van der Waals surface area contributed by atoms with Crippen LogP contribution in [0.4, 0.5) is 0 Å². The molecule has 0 aliphatic heterocycles. The number of allylic oxidation sites excluding steroid dienone is 3. The molecule has 2 heteroatoms. The van der Waals surface area contributed by atoms with Gasteiger partial charge in [0.2, 0.25) is 5.24 Å². The summed E-state index contributed by atoms with van der Waals surface area (Å²) in [5.74, 6) is 1.19. The highest BCUT2D eigenvalue weighted by atomic mass is 35.5. The Morgan fingerprint density at radius 1 is 1.41 bits per heavy atom. The lowest BCUT2D eigenvalue weighted by Crippen LogP contribution is -2.09. The van der Waals surface area contributed by atoms with Crippen LogP contribution in [0.5, 0.6) is 0 Å². The normalized spacial score (nSPS) is 28.2. The van der Waals surface area contributed by atoms with Crippen LogP contribution in [0.1, 0.15) is 47.0 Å². The fourth-order valence-electron chi connectivity index (χ4n) is 3.15. The third kappa shape index (κ3) is 4.31. The van der Waals surface area contributed by atoms with Crippen molar-refractivity contribution in [2.75, 3.05) is 0 Å². The second-order valence-electron chi connectivity index (χ2n) is 6.28. The largest absolute Gasteiger partial charge is 0.276 e. The molecule has 96 valence electrons. The van der Waals surface area contributed by atoms with Gasteiger partial charge in [0.15, 0.2) is 0 Å². The van der Waals surface area contributed by atoms with Crippen molar-refractivity contribution < 1.29 is 4.79 Å². The number of hydrogen-bond donors (Lipinski definition) is 0. The Kier molecular flexibility index (Phi) is 4.60. The van der Waals surface area contributed by atoms with Crippen molar-refractivity contribution in [3.63, 3.8) is 0 Å². The van der Waals surface area contributed by atoms with Crippen molar-refractivity contribution in [1.29, 1.82) is 0 Å². The maximum atomic E-state index is 10.8. The second-order valence-corrected chi connectivity index (χ2v) is 6.66. The molecule has 0 N–H and O–H groups in total. The monoisotopic (exact) mass is 254 g/mol. The fraction of sp³-hybridized carbons (Fsp3) is 0.667. The summed E-state index contributed by atoms with van der Waals surface area (Å²) in [7, 11) is 0. The van der Waals surface area contributed by atoms with Gasteiger partial charge in [0.1, 0.15) is 0 Å². The van der Waals surface area contributed by atoms with E-state index in [1.807, 2.05) is 6.92 Å². The van der Waals surface area contributed by atoms with Gasteiger partial charge >= 0.3 is 0 Å². The Bertz CT molecular complexity index is 352. The van der Waals surface area contributed by atoms with Crippen LogP contribution in [-0.2, 0) is 4.79 Å². The summed E-state index contributed by atoms with van der Waals surface area (Å²) in [5.41, 5.74) is 2.74. The van der Waals surface area contributed by atoms with Crippen molar-refractivity contribution >= 4 is 16.8 Å². The molecule has 0 radical (unpaired) electrons. The first-order valence-corrected chi connectivity index (χ1v) is 6.61. The Labute approximate surface area is 110 Å². The summed E-state index contributed by atoms with van der Waals surface area (Å²) in [4.78, 5) is 10.8. The average molecular weight is 255 g/mol. The van der Waals surface area contributed by atoms with E-state index in [-0.39, 0.29) is 5.24 Å². The summed E-state index contributed by atoms with van der Waals surface area (Å²) < 4.78 is 0. The molecule has 0 spiro atoms. The Hall–Kier alpha value is -0.560. The minimum Gasteiger partial charge on any atom is -0.276 e. The molecule has 1 aliphatic rings. The van der Waals surface area contributed by atoms with Crippen LogP contribution >= 0.6 is 11.6 Å². The Morgan fingerprint density at radius 2 is 2.00 bits per heavy atom. The quantitative estimate of drug-likeness (QED) is 0.403. The highest BCUT2D eigenvalue weighted by Gasteiger charge is 2.39. The lowest BCUT2D eigenvalue weighted by Gasteiger charge is -2.19. The zero-order chi connectivity index (χ0) is 13.2. The molecule has 1 fully saturated rings. The van der Waals surface area contributed by atoms with E-state index in [9.17, 15) is 4.79 Å². The predicted molar refractivity (Wildman–Crippen MR) is 74.0 cm³/mol. The average Bonchev–Trinajstić information content (AvgIpc) is 2.39. The van der Waals surface area contributed by atoms with Gasteiger partial charge in [-0.15, -0.1) is 0 Å². The minimum absolute atomic E-state index is 0.369. The molecular formula is C15H23ClO. The van der Waals surface area contributed by atoms with Gasteiger partial charge in [0.05, 0.1) is 0 Å². The molecule has 0 aromatic heterocycles. The molecule has 1 rings (SSSR count). The molecule has 0 heterocycles. The fourth-order valence-corrected chi connectivity index (χ4v) is 3.34. The molecule has 1 saturated carbocycles. The predicted octanol–water partition coefficient (Wildman–Crippen LogP) is 4.72. The van der Waals surface area contributed by atoms with Crippen LogP contribution in [-0.4, -0.2) is 5.24 Å². The van der Waals surface area contributed by atoms with Gasteiger partial charge in [-0.1, -0.05) is 31.6 Å². The van der Waals surface area contributed by atoms with Gasteiger partial charge in [-0.3, -0.25) is 4.79 Å². The SMILES string of the molecule is C=C(C)[C@@H]1CC(C)(C)C[C@@H]1C/C(C)=C/C(=O)Cl. The molecule has 0 amide bonds. The van der Waals surface area contributed by atoms with Crippen LogP contribution in [0.15, 0.2) is 23.8 Å². The summed E-state index contributed by atoms with van der Waals surface area (Å²) >= 11 is 5.38. The molecule has 2 atom stereocenters. The van der Waals surface area contributed by atoms with Crippen molar-refractivity contribution in [3.05, 3.63) is 23.8 Å². The van der Waals surface area contributed by atoms with E-state index in [0.29, 0.717) is 17.3 Å². The van der Waals surface area contributed by atoms with Gasteiger partial charge < -0.3 is 0 Å². The first-order chi connectivity index (χ1) is 7.71. The number of halogens is 1. The molecule has 0 saturated heterocycles. The molecule has 1 aliphatic carbocycles. The van der Waals surface area contributed by atoms with E-state index in [4.69, 9.17) is 11.6 Å². The van der Waals surface area contributed by atoms with E-state index in [2.05, 4.69) is 27.4 Å². The van der Waals surface area contributed by atoms with E-state index in [1.54, 1.807) is 6.08 Å². The lowest BCUT2D eigenvalue weighted by molar-refractivity contribution is -0.107. The highest BCUT2D eigenvalue weighted by Crippen LogP contribution is 2.49. The van der Waals surface area contributed by atoms with Crippen LogP contribution in [0.2, 0.25) is 0 Å². The number of rotatable bonds is 4. The van der Waals surface area contributed by atoms with E-state index in [0.717, 1.165) is 12.0 Å².